The van der Waals surface area contributed by atoms with E-state index in [-0.39, 0.29) is 0 Å². The molecule has 0 saturated heterocycles. The van der Waals surface area contributed by atoms with Crippen molar-refractivity contribution in [1.82, 2.24) is 0 Å². The molecule has 16 heavy (non-hydrogen) atoms. The van der Waals surface area contributed by atoms with Gasteiger partial charge in [-0.15, -0.1) is 0 Å². The normalized spacial score (nSPS) is 11.7. The molecule has 5 nitrogen and oxygen atoms in total. The second-order valence-corrected chi connectivity index (χ2v) is 6.02. The first-order chi connectivity index (χ1) is 7.28. The number of hydrogen-bond acceptors (Lipinski definition) is 5. The van der Waals surface area contributed by atoms with E-state index in [1.165, 1.54) is 19.9 Å². The van der Waals surface area contributed by atoms with Gasteiger partial charge in [-0.25, -0.2) is 8.42 Å². The smallest absolute Gasteiger partial charge is 0.224 e. The molecule has 0 saturated carbocycles. The van der Waals surface area contributed by atoms with E-state index in [1.807, 2.05) is 0 Å². The Bertz CT molecular complexity index is 560. The molecule has 0 unspecified atom stereocenters. The summed E-state index contributed by atoms with van der Waals surface area (Å²) >= 11 is 0. The van der Waals surface area contributed by atoms with Crippen molar-refractivity contribution in [3.63, 3.8) is 0 Å². The van der Waals surface area contributed by atoms with Crippen molar-refractivity contribution in [1.29, 1.82) is 0 Å². The van der Waals surface area contributed by atoms with E-state index in [1.54, 1.807) is 0 Å². The van der Waals surface area contributed by atoms with Crippen LogP contribution < -0.4 is 5.43 Å². The third-order valence-electron chi connectivity index (χ3n) is 2.11. The molecule has 0 aliphatic rings. The molecule has 0 atom stereocenters. The lowest BCUT2D eigenvalue weighted by Gasteiger charge is -2.07. The molecule has 1 aromatic carbocycles. The van der Waals surface area contributed by atoms with Gasteiger partial charge in [0.25, 0.3) is 0 Å². The van der Waals surface area contributed by atoms with Gasteiger partial charge in [-0.05, 0) is 26.0 Å². The summed E-state index contributed by atoms with van der Waals surface area (Å²) in [6.07, 6.45) is 0. The molecule has 0 aliphatic carbocycles. The first kappa shape index (κ1) is 12.5. The third kappa shape index (κ3) is 2.01. The minimum atomic E-state index is -3.74. The molecule has 0 spiro atoms. The molecule has 6 heteroatoms. The average molecular weight is 244 g/mol. The fourth-order valence-corrected chi connectivity index (χ4v) is 2.24. The Morgan fingerprint density at radius 1 is 1.12 bits per heavy atom. The average Bonchev–Trinajstić information content (AvgIpc) is 2.31. The summed E-state index contributed by atoms with van der Waals surface area (Å²) < 4.78 is 23.6. The Hall–Kier alpha value is -1.56. The van der Waals surface area contributed by atoms with Crippen LogP contribution in [0.2, 0.25) is 0 Å². The minimum absolute atomic E-state index is 0.442. The highest BCUT2D eigenvalue weighted by Gasteiger charge is 2.24. The van der Waals surface area contributed by atoms with E-state index < -0.39 is 36.9 Å². The summed E-state index contributed by atoms with van der Waals surface area (Å²) in [5.41, 5.74) is -0.831. The van der Waals surface area contributed by atoms with Gasteiger partial charge in [0.15, 0.2) is 15.6 Å². The van der Waals surface area contributed by atoms with Gasteiger partial charge >= 0.3 is 0 Å². The molecule has 0 heterocycles. The van der Waals surface area contributed by atoms with E-state index in [4.69, 9.17) is 0 Å². The highest BCUT2D eigenvalue weighted by molar-refractivity contribution is 7.92. The predicted octanol–water partition coefficient (Wildman–Crippen LogP) is 0.640. The van der Waals surface area contributed by atoms with E-state index in [0.29, 0.717) is 0 Å². The molecule has 0 aromatic heterocycles. The van der Waals surface area contributed by atoms with Crippen LogP contribution in [0.15, 0.2) is 27.9 Å². The van der Waals surface area contributed by atoms with Crippen molar-refractivity contribution in [3.8, 4) is 11.5 Å². The second-order valence-electron chi connectivity index (χ2n) is 3.55. The molecular formula is C10H12O5S. The zero-order chi connectivity index (χ0) is 12.5. The number of hydrogen-bond donors (Lipinski definition) is 2. The monoisotopic (exact) mass is 244 g/mol. The Morgan fingerprint density at radius 2 is 1.69 bits per heavy atom. The van der Waals surface area contributed by atoms with Crippen LogP contribution in [-0.2, 0) is 9.84 Å². The first-order valence-electron chi connectivity index (χ1n) is 4.57. The SMILES string of the molecule is CC(C)S(=O)(=O)c1cccc(=O)c(O)c1O. The third-order valence-corrected chi connectivity index (χ3v) is 4.30. The molecule has 1 aromatic rings. The van der Waals surface area contributed by atoms with Crippen molar-refractivity contribution in [2.75, 3.05) is 0 Å². The zero-order valence-electron chi connectivity index (χ0n) is 8.84. The second kappa shape index (κ2) is 4.13. The lowest BCUT2D eigenvalue weighted by atomic mass is 10.4. The minimum Gasteiger partial charge on any atom is -0.503 e. The van der Waals surface area contributed by atoms with Crippen LogP contribution in [0.5, 0.6) is 11.5 Å². The van der Waals surface area contributed by atoms with Crippen LogP contribution >= 0.6 is 0 Å². The van der Waals surface area contributed by atoms with E-state index >= 15 is 0 Å². The van der Waals surface area contributed by atoms with Gasteiger partial charge in [-0.3, -0.25) is 4.79 Å². The van der Waals surface area contributed by atoms with Gasteiger partial charge in [0.2, 0.25) is 11.2 Å². The molecule has 0 radical (unpaired) electrons. The maximum Gasteiger partial charge on any atom is 0.224 e. The Labute approximate surface area is 92.9 Å². The molecule has 0 amide bonds. The van der Waals surface area contributed by atoms with Crippen molar-refractivity contribution in [2.45, 2.75) is 24.0 Å². The first-order valence-corrected chi connectivity index (χ1v) is 6.12. The summed E-state index contributed by atoms with van der Waals surface area (Å²) in [6, 6.07) is 3.25. The predicted molar refractivity (Wildman–Crippen MR) is 58.4 cm³/mol. The molecule has 88 valence electrons. The van der Waals surface area contributed by atoms with Crippen LogP contribution in [0.1, 0.15) is 13.8 Å². The van der Waals surface area contributed by atoms with Crippen molar-refractivity contribution < 1.29 is 18.6 Å². The molecule has 0 bridgehead atoms. The maximum absolute atomic E-state index is 11.8. The number of aromatic hydroxyl groups is 2. The van der Waals surface area contributed by atoms with Crippen molar-refractivity contribution in [3.05, 3.63) is 28.4 Å². The van der Waals surface area contributed by atoms with Gasteiger partial charge in [0.05, 0.1) is 5.25 Å². The Morgan fingerprint density at radius 3 is 2.19 bits per heavy atom. The summed E-state index contributed by atoms with van der Waals surface area (Å²) in [7, 11) is -3.74. The van der Waals surface area contributed by atoms with Gasteiger partial charge < -0.3 is 10.2 Å². The fourth-order valence-electron chi connectivity index (χ4n) is 1.10. The summed E-state index contributed by atoms with van der Waals surface area (Å²) in [4.78, 5) is 10.6. The fraction of sp³-hybridized carbons (Fsp3) is 0.300. The Kier molecular flexibility index (Phi) is 3.23. The summed E-state index contributed by atoms with van der Waals surface area (Å²) in [5.74, 6) is -1.85. The van der Waals surface area contributed by atoms with Crippen molar-refractivity contribution >= 4 is 9.84 Å². The van der Waals surface area contributed by atoms with Crippen LogP contribution in [0.3, 0.4) is 0 Å². The van der Waals surface area contributed by atoms with Gasteiger partial charge in [0.1, 0.15) is 4.90 Å². The van der Waals surface area contributed by atoms with Gasteiger partial charge in [-0.1, -0.05) is 6.07 Å². The number of rotatable bonds is 2. The van der Waals surface area contributed by atoms with Crippen LogP contribution in [-0.4, -0.2) is 23.9 Å². The highest BCUT2D eigenvalue weighted by atomic mass is 32.2. The zero-order valence-corrected chi connectivity index (χ0v) is 9.65. The van der Waals surface area contributed by atoms with E-state index in [2.05, 4.69) is 0 Å². The topological polar surface area (TPSA) is 91.7 Å². The van der Waals surface area contributed by atoms with Gasteiger partial charge in [-0.2, -0.15) is 0 Å². The molecule has 2 N–H and O–H groups in total. The number of sulfone groups is 1. The van der Waals surface area contributed by atoms with Crippen LogP contribution in [0.4, 0.5) is 0 Å². The summed E-state index contributed by atoms with van der Waals surface area (Å²) in [6.45, 7) is 2.88. The van der Waals surface area contributed by atoms with E-state index in [0.717, 1.165) is 12.1 Å². The molecule has 0 aliphatic heterocycles. The standard InChI is InChI=1S/C10H12O5S/c1-6(2)16(14,15)8-5-3-4-7(11)9(12)10(8)13/h3-6H,1-2H3,(H2,11,12,13). The van der Waals surface area contributed by atoms with Gasteiger partial charge in [0, 0.05) is 0 Å². The van der Waals surface area contributed by atoms with Crippen molar-refractivity contribution in [2.24, 2.45) is 0 Å². The highest BCUT2D eigenvalue weighted by Crippen LogP contribution is 2.30. The molecule has 1 rings (SSSR count). The molecular weight excluding hydrogens is 232 g/mol. The lowest BCUT2D eigenvalue weighted by Crippen LogP contribution is -2.13. The summed E-state index contributed by atoms with van der Waals surface area (Å²) in [5, 5.41) is 18.0. The molecule has 0 fully saturated rings. The maximum atomic E-state index is 11.8. The van der Waals surface area contributed by atoms with Crippen LogP contribution in [0.25, 0.3) is 0 Å². The van der Waals surface area contributed by atoms with E-state index in [9.17, 15) is 23.4 Å². The lowest BCUT2D eigenvalue weighted by molar-refractivity contribution is 0.392. The van der Waals surface area contributed by atoms with Crippen LogP contribution in [0, 0.1) is 0 Å². The quantitative estimate of drug-likeness (QED) is 0.796. The largest absolute Gasteiger partial charge is 0.503 e. The Balaban J connectivity index is 3.70.